The second kappa shape index (κ2) is 6.28. The SMILES string of the molecule is O=C(Nc1ccc(Cl)c(Cl)c1)C1CN(C(=O)c2cccs2)C1. The Morgan fingerprint density at radius 3 is 2.59 bits per heavy atom. The lowest BCUT2D eigenvalue weighted by atomic mass is 9.98. The average molecular weight is 355 g/mol. The molecule has 1 N–H and O–H groups in total. The minimum absolute atomic E-state index is 0.0198. The fourth-order valence-electron chi connectivity index (χ4n) is 2.18. The number of hydrogen-bond donors (Lipinski definition) is 1. The van der Waals surface area contributed by atoms with Gasteiger partial charge in [-0.2, -0.15) is 0 Å². The van der Waals surface area contributed by atoms with Gasteiger partial charge >= 0.3 is 0 Å². The van der Waals surface area contributed by atoms with Crippen LogP contribution < -0.4 is 5.32 Å². The number of nitrogens with one attached hydrogen (secondary N) is 1. The maximum atomic E-state index is 12.1. The number of likely N-dealkylation sites (tertiary alicyclic amines) is 1. The van der Waals surface area contributed by atoms with Gasteiger partial charge in [-0.1, -0.05) is 29.3 Å². The van der Waals surface area contributed by atoms with Crippen molar-refractivity contribution in [2.75, 3.05) is 18.4 Å². The van der Waals surface area contributed by atoms with Crippen LogP contribution in [0, 0.1) is 5.92 Å². The van der Waals surface area contributed by atoms with Crippen LogP contribution in [0.5, 0.6) is 0 Å². The lowest BCUT2D eigenvalue weighted by Gasteiger charge is -2.37. The van der Waals surface area contributed by atoms with Crippen molar-refractivity contribution in [2.45, 2.75) is 0 Å². The molecular weight excluding hydrogens is 343 g/mol. The molecule has 1 fully saturated rings. The molecule has 2 aromatic rings. The topological polar surface area (TPSA) is 49.4 Å². The van der Waals surface area contributed by atoms with Gasteiger partial charge in [-0.15, -0.1) is 11.3 Å². The van der Waals surface area contributed by atoms with Crippen molar-refractivity contribution >= 4 is 52.0 Å². The first kappa shape index (κ1) is 15.3. The zero-order valence-electron chi connectivity index (χ0n) is 11.4. The molecule has 0 unspecified atom stereocenters. The molecule has 1 aromatic heterocycles. The lowest BCUT2D eigenvalue weighted by Crippen LogP contribution is -2.54. The highest BCUT2D eigenvalue weighted by Gasteiger charge is 2.36. The van der Waals surface area contributed by atoms with Crippen LogP contribution in [-0.2, 0) is 4.79 Å². The first-order chi connectivity index (χ1) is 10.5. The number of nitrogens with zero attached hydrogens (tertiary/aromatic N) is 1. The Labute approximate surface area is 141 Å². The summed E-state index contributed by atoms with van der Waals surface area (Å²) in [6, 6.07) is 8.56. The molecule has 1 aromatic carbocycles. The Balaban J connectivity index is 1.55. The second-order valence-corrected chi connectivity index (χ2v) is 6.76. The van der Waals surface area contributed by atoms with Gasteiger partial charge in [0, 0.05) is 18.8 Å². The van der Waals surface area contributed by atoms with Crippen molar-refractivity contribution in [1.29, 1.82) is 0 Å². The molecule has 22 heavy (non-hydrogen) atoms. The van der Waals surface area contributed by atoms with E-state index in [1.807, 2.05) is 11.4 Å². The molecule has 7 heteroatoms. The molecule has 0 radical (unpaired) electrons. The normalized spacial score (nSPS) is 14.5. The van der Waals surface area contributed by atoms with Gasteiger partial charge in [0.05, 0.1) is 20.8 Å². The van der Waals surface area contributed by atoms with Crippen LogP contribution >= 0.6 is 34.5 Å². The van der Waals surface area contributed by atoms with Gasteiger partial charge < -0.3 is 10.2 Å². The Morgan fingerprint density at radius 1 is 1.18 bits per heavy atom. The average Bonchev–Trinajstić information content (AvgIpc) is 2.95. The van der Waals surface area contributed by atoms with Crippen molar-refractivity contribution < 1.29 is 9.59 Å². The monoisotopic (exact) mass is 354 g/mol. The van der Waals surface area contributed by atoms with Gasteiger partial charge in [0.25, 0.3) is 5.91 Å². The van der Waals surface area contributed by atoms with Crippen LogP contribution in [0.1, 0.15) is 9.67 Å². The molecular formula is C15H12Cl2N2O2S. The van der Waals surface area contributed by atoms with Gasteiger partial charge in [-0.05, 0) is 29.6 Å². The predicted molar refractivity (Wildman–Crippen MR) is 88.8 cm³/mol. The summed E-state index contributed by atoms with van der Waals surface area (Å²) >= 11 is 13.1. The van der Waals surface area contributed by atoms with Crippen LogP contribution in [0.2, 0.25) is 10.0 Å². The second-order valence-electron chi connectivity index (χ2n) is 5.00. The highest BCUT2D eigenvalue weighted by molar-refractivity contribution is 7.12. The van der Waals surface area contributed by atoms with E-state index in [0.717, 1.165) is 0 Å². The maximum Gasteiger partial charge on any atom is 0.263 e. The largest absolute Gasteiger partial charge is 0.336 e. The Kier molecular flexibility index (Phi) is 4.38. The number of benzene rings is 1. The Morgan fingerprint density at radius 2 is 1.95 bits per heavy atom. The highest BCUT2D eigenvalue weighted by atomic mass is 35.5. The van der Waals surface area contributed by atoms with Crippen molar-refractivity contribution in [2.24, 2.45) is 5.92 Å². The summed E-state index contributed by atoms with van der Waals surface area (Å²) < 4.78 is 0. The molecule has 0 spiro atoms. The van der Waals surface area contributed by atoms with Gasteiger partial charge in [-0.25, -0.2) is 0 Å². The minimum atomic E-state index is -0.196. The number of halogens is 2. The van der Waals surface area contributed by atoms with Crippen LogP contribution in [0.3, 0.4) is 0 Å². The van der Waals surface area contributed by atoms with Crippen molar-refractivity contribution in [3.63, 3.8) is 0 Å². The molecule has 4 nitrogen and oxygen atoms in total. The Bertz CT molecular complexity index is 712. The summed E-state index contributed by atoms with van der Waals surface area (Å²) in [6.07, 6.45) is 0. The third kappa shape index (κ3) is 3.11. The summed E-state index contributed by atoms with van der Waals surface area (Å²) in [7, 11) is 0. The number of anilines is 1. The molecule has 1 aliphatic rings. The lowest BCUT2D eigenvalue weighted by molar-refractivity contribution is -0.123. The number of carbonyl (C=O) groups is 2. The molecule has 2 heterocycles. The van der Waals surface area contributed by atoms with E-state index in [-0.39, 0.29) is 17.7 Å². The minimum Gasteiger partial charge on any atom is -0.336 e. The third-order valence-electron chi connectivity index (χ3n) is 3.46. The maximum absolute atomic E-state index is 12.1. The molecule has 1 saturated heterocycles. The molecule has 3 rings (SSSR count). The molecule has 0 saturated carbocycles. The standard InChI is InChI=1S/C15H12Cl2N2O2S/c16-11-4-3-10(6-12(11)17)18-14(20)9-7-19(8-9)15(21)13-2-1-5-22-13/h1-6,9H,7-8H2,(H,18,20). The van der Waals surface area contributed by atoms with E-state index in [0.29, 0.717) is 33.7 Å². The quantitative estimate of drug-likeness (QED) is 0.911. The number of carbonyl (C=O) groups excluding carboxylic acids is 2. The number of rotatable bonds is 3. The zero-order valence-corrected chi connectivity index (χ0v) is 13.7. The predicted octanol–water partition coefficient (Wildman–Crippen LogP) is 3.77. The van der Waals surface area contributed by atoms with Crippen molar-refractivity contribution in [1.82, 2.24) is 4.90 Å². The third-order valence-corrected chi connectivity index (χ3v) is 5.06. The highest BCUT2D eigenvalue weighted by Crippen LogP contribution is 2.26. The summed E-state index contributed by atoms with van der Waals surface area (Å²) in [6.45, 7) is 0.869. The van der Waals surface area contributed by atoms with Crippen LogP contribution in [0.4, 0.5) is 5.69 Å². The molecule has 0 atom stereocenters. The zero-order chi connectivity index (χ0) is 15.7. The van der Waals surface area contributed by atoms with Crippen molar-refractivity contribution in [3.05, 3.63) is 50.6 Å². The number of thiophene rings is 1. The summed E-state index contributed by atoms with van der Waals surface area (Å²) in [5.41, 5.74) is 0.599. The summed E-state index contributed by atoms with van der Waals surface area (Å²) in [5, 5.41) is 5.48. The number of amides is 2. The molecule has 114 valence electrons. The summed E-state index contributed by atoms with van der Waals surface area (Å²) in [4.78, 5) is 26.6. The fourth-order valence-corrected chi connectivity index (χ4v) is 3.17. The van der Waals surface area contributed by atoms with E-state index in [9.17, 15) is 9.59 Å². The van der Waals surface area contributed by atoms with Gasteiger partial charge in [0.1, 0.15) is 0 Å². The van der Waals surface area contributed by atoms with E-state index in [1.165, 1.54) is 11.3 Å². The first-order valence-corrected chi connectivity index (χ1v) is 8.27. The Hall–Kier alpha value is -1.56. The molecule has 0 aliphatic carbocycles. The van der Waals surface area contributed by atoms with E-state index in [2.05, 4.69) is 5.32 Å². The van der Waals surface area contributed by atoms with Gasteiger partial charge in [0.2, 0.25) is 5.91 Å². The smallest absolute Gasteiger partial charge is 0.263 e. The molecule has 2 amide bonds. The summed E-state index contributed by atoms with van der Waals surface area (Å²) in [5.74, 6) is -0.333. The van der Waals surface area contributed by atoms with Crippen LogP contribution in [-0.4, -0.2) is 29.8 Å². The van der Waals surface area contributed by atoms with E-state index >= 15 is 0 Å². The van der Waals surface area contributed by atoms with Crippen LogP contribution in [0.25, 0.3) is 0 Å². The van der Waals surface area contributed by atoms with E-state index in [4.69, 9.17) is 23.2 Å². The first-order valence-electron chi connectivity index (χ1n) is 6.63. The van der Waals surface area contributed by atoms with Gasteiger partial charge in [0.15, 0.2) is 0 Å². The van der Waals surface area contributed by atoms with Crippen molar-refractivity contribution in [3.8, 4) is 0 Å². The van der Waals surface area contributed by atoms with Gasteiger partial charge in [-0.3, -0.25) is 9.59 Å². The fraction of sp³-hybridized carbons (Fsp3) is 0.200. The van der Waals surface area contributed by atoms with E-state index < -0.39 is 0 Å². The molecule has 1 aliphatic heterocycles. The molecule has 0 bridgehead atoms. The number of hydrogen-bond acceptors (Lipinski definition) is 3. The van der Waals surface area contributed by atoms with Crippen LogP contribution in [0.15, 0.2) is 35.7 Å². The van der Waals surface area contributed by atoms with E-state index in [1.54, 1.807) is 29.2 Å².